The summed E-state index contributed by atoms with van der Waals surface area (Å²) >= 11 is 0. The number of nitrogens with one attached hydrogen (secondary N) is 2. The topological polar surface area (TPSA) is 67.4 Å². The minimum Gasteiger partial charge on any atom is -0.382 e. The molecule has 0 amide bonds. The average molecular weight is 316 g/mol. The zero-order chi connectivity index (χ0) is 15.7. The minimum atomic E-state index is -3.51. The molecule has 0 spiro atoms. The highest BCUT2D eigenvalue weighted by atomic mass is 32.2. The van der Waals surface area contributed by atoms with Crippen molar-refractivity contribution in [2.24, 2.45) is 0 Å². The van der Waals surface area contributed by atoms with Crippen molar-refractivity contribution in [2.45, 2.75) is 38.3 Å². The van der Waals surface area contributed by atoms with E-state index in [9.17, 15) is 12.8 Å². The van der Waals surface area contributed by atoms with Gasteiger partial charge in [-0.2, -0.15) is 0 Å². The summed E-state index contributed by atoms with van der Waals surface area (Å²) in [4.78, 5) is 0. The molecule has 7 heteroatoms. The number of hydrogen-bond acceptors (Lipinski definition) is 4. The van der Waals surface area contributed by atoms with Gasteiger partial charge in [0.2, 0.25) is 10.0 Å². The van der Waals surface area contributed by atoms with Gasteiger partial charge in [0.1, 0.15) is 5.82 Å². The Hall–Kier alpha value is -1.34. The predicted molar refractivity (Wildman–Crippen MR) is 81.5 cm³/mol. The predicted octanol–water partition coefficient (Wildman–Crippen LogP) is 2.57. The Kier molecular flexibility index (Phi) is 4.43. The largest absolute Gasteiger partial charge is 0.382 e. The van der Waals surface area contributed by atoms with E-state index in [0.717, 1.165) is 19.1 Å². The van der Waals surface area contributed by atoms with Gasteiger partial charge in [-0.25, -0.2) is 12.8 Å². The van der Waals surface area contributed by atoms with Crippen LogP contribution in [0.2, 0.25) is 0 Å². The molecule has 1 saturated heterocycles. The molecule has 1 aromatic rings. The molecule has 0 radical (unpaired) electrons. The number of hydrogen-bond donors (Lipinski definition) is 2. The maximum Gasteiger partial charge on any atom is 0.229 e. The molecule has 1 unspecified atom stereocenters. The van der Waals surface area contributed by atoms with E-state index in [-0.39, 0.29) is 17.3 Å². The number of rotatable bonds is 4. The lowest BCUT2D eigenvalue weighted by molar-refractivity contribution is -0.0553. The van der Waals surface area contributed by atoms with Gasteiger partial charge in [0, 0.05) is 18.3 Å². The van der Waals surface area contributed by atoms with Gasteiger partial charge in [0.25, 0.3) is 0 Å². The second-order valence-electron chi connectivity index (χ2n) is 6.01. The summed E-state index contributed by atoms with van der Waals surface area (Å²) in [5, 5.41) is 3.31. The summed E-state index contributed by atoms with van der Waals surface area (Å²) in [5.74, 6) is -0.599. The summed E-state index contributed by atoms with van der Waals surface area (Å²) < 4.78 is 43.9. The molecule has 1 aromatic carbocycles. The molecule has 118 valence electrons. The normalized spacial score (nSPS) is 21.8. The van der Waals surface area contributed by atoms with E-state index in [2.05, 4.69) is 10.0 Å². The average Bonchev–Trinajstić information content (AvgIpc) is 2.30. The molecule has 2 N–H and O–H groups in total. The maximum absolute atomic E-state index is 13.6. The van der Waals surface area contributed by atoms with Crippen LogP contribution in [0.4, 0.5) is 15.8 Å². The summed E-state index contributed by atoms with van der Waals surface area (Å²) in [6.07, 6.45) is 2.68. The van der Waals surface area contributed by atoms with Crippen molar-refractivity contribution in [1.82, 2.24) is 0 Å². The van der Waals surface area contributed by atoms with Gasteiger partial charge in [0.05, 0.1) is 17.5 Å². The quantitative estimate of drug-likeness (QED) is 0.896. The fourth-order valence-corrected chi connectivity index (χ4v) is 3.04. The lowest BCUT2D eigenvalue weighted by Gasteiger charge is -2.36. The zero-order valence-electron chi connectivity index (χ0n) is 12.4. The molecular formula is C14H21FN2O3S. The first-order chi connectivity index (χ1) is 9.65. The van der Waals surface area contributed by atoms with Crippen LogP contribution < -0.4 is 10.0 Å². The lowest BCUT2D eigenvalue weighted by atomic mass is 9.94. The van der Waals surface area contributed by atoms with E-state index in [1.807, 2.05) is 13.8 Å². The van der Waals surface area contributed by atoms with Crippen LogP contribution in [0, 0.1) is 5.82 Å². The third kappa shape index (κ3) is 4.86. The Balaban J connectivity index is 2.12. The van der Waals surface area contributed by atoms with Crippen molar-refractivity contribution in [2.75, 3.05) is 22.9 Å². The van der Waals surface area contributed by atoms with Crippen LogP contribution in [0.3, 0.4) is 0 Å². The first-order valence-corrected chi connectivity index (χ1v) is 8.72. The molecule has 1 aliphatic heterocycles. The summed E-state index contributed by atoms with van der Waals surface area (Å²) in [6.45, 7) is 4.73. The van der Waals surface area contributed by atoms with Gasteiger partial charge < -0.3 is 10.1 Å². The van der Waals surface area contributed by atoms with Crippen LogP contribution >= 0.6 is 0 Å². The summed E-state index contributed by atoms with van der Waals surface area (Å²) in [5.41, 5.74) is 0.447. The van der Waals surface area contributed by atoms with Crippen molar-refractivity contribution >= 4 is 21.4 Å². The molecule has 21 heavy (non-hydrogen) atoms. The first-order valence-electron chi connectivity index (χ1n) is 6.82. The SMILES string of the molecule is CC1(C)CC(Nc2ccc(F)c(NS(C)(=O)=O)c2)CCO1. The van der Waals surface area contributed by atoms with Gasteiger partial charge in [-0.15, -0.1) is 0 Å². The zero-order valence-corrected chi connectivity index (χ0v) is 13.3. The Morgan fingerprint density at radius 3 is 2.71 bits per heavy atom. The highest BCUT2D eigenvalue weighted by Gasteiger charge is 2.28. The molecule has 5 nitrogen and oxygen atoms in total. The Morgan fingerprint density at radius 1 is 1.38 bits per heavy atom. The number of benzene rings is 1. The molecule has 1 fully saturated rings. The number of anilines is 2. The molecule has 1 heterocycles. The van der Waals surface area contributed by atoms with E-state index in [1.54, 1.807) is 6.07 Å². The van der Waals surface area contributed by atoms with Gasteiger partial charge >= 0.3 is 0 Å². The number of halogens is 1. The summed E-state index contributed by atoms with van der Waals surface area (Å²) in [6, 6.07) is 4.54. The standard InChI is InChI=1S/C14H21FN2O3S/c1-14(2)9-11(6-7-20-14)16-10-4-5-12(15)13(8-10)17-21(3,18)19/h4-5,8,11,16-17H,6-7,9H2,1-3H3. The van der Waals surface area contributed by atoms with Crippen molar-refractivity contribution in [1.29, 1.82) is 0 Å². The van der Waals surface area contributed by atoms with Crippen LogP contribution in [0.5, 0.6) is 0 Å². The number of sulfonamides is 1. The Labute approximate surface area is 124 Å². The fourth-order valence-electron chi connectivity index (χ4n) is 2.48. The van der Waals surface area contributed by atoms with E-state index in [0.29, 0.717) is 12.3 Å². The molecule has 2 rings (SSSR count). The third-order valence-corrected chi connectivity index (χ3v) is 3.92. The van der Waals surface area contributed by atoms with E-state index >= 15 is 0 Å². The number of ether oxygens (including phenoxy) is 1. The second-order valence-corrected chi connectivity index (χ2v) is 7.76. The van der Waals surface area contributed by atoms with E-state index in [4.69, 9.17) is 4.74 Å². The van der Waals surface area contributed by atoms with Crippen molar-refractivity contribution < 1.29 is 17.5 Å². The second kappa shape index (κ2) is 5.81. The lowest BCUT2D eigenvalue weighted by Crippen LogP contribution is -2.40. The highest BCUT2D eigenvalue weighted by molar-refractivity contribution is 7.92. The molecular weight excluding hydrogens is 295 g/mol. The van der Waals surface area contributed by atoms with Crippen LogP contribution in [-0.2, 0) is 14.8 Å². The molecule has 0 aliphatic carbocycles. The van der Waals surface area contributed by atoms with Crippen LogP contribution in [0.1, 0.15) is 26.7 Å². The highest BCUT2D eigenvalue weighted by Crippen LogP contribution is 2.28. The van der Waals surface area contributed by atoms with Crippen LogP contribution in [0.15, 0.2) is 18.2 Å². The van der Waals surface area contributed by atoms with Crippen LogP contribution in [-0.4, -0.2) is 32.9 Å². The summed E-state index contributed by atoms with van der Waals surface area (Å²) in [7, 11) is -3.51. The molecule has 0 bridgehead atoms. The minimum absolute atomic E-state index is 0.0474. The van der Waals surface area contributed by atoms with Gasteiger partial charge in [-0.05, 0) is 44.9 Å². The van der Waals surface area contributed by atoms with E-state index < -0.39 is 15.8 Å². The Bertz CT molecular complexity index is 617. The molecule has 1 aliphatic rings. The van der Waals surface area contributed by atoms with E-state index in [1.165, 1.54) is 12.1 Å². The van der Waals surface area contributed by atoms with Gasteiger partial charge in [-0.3, -0.25) is 4.72 Å². The third-order valence-electron chi connectivity index (χ3n) is 3.33. The van der Waals surface area contributed by atoms with Crippen molar-refractivity contribution in [3.05, 3.63) is 24.0 Å². The Morgan fingerprint density at radius 2 is 2.10 bits per heavy atom. The fraction of sp³-hybridized carbons (Fsp3) is 0.571. The molecule has 0 saturated carbocycles. The van der Waals surface area contributed by atoms with Crippen molar-refractivity contribution in [3.63, 3.8) is 0 Å². The maximum atomic E-state index is 13.6. The molecule has 0 aromatic heterocycles. The van der Waals surface area contributed by atoms with Gasteiger partial charge in [0.15, 0.2) is 0 Å². The molecule has 1 atom stereocenters. The smallest absolute Gasteiger partial charge is 0.229 e. The van der Waals surface area contributed by atoms with Crippen molar-refractivity contribution in [3.8, 4) is 0 Å². The van der Waals surface area contributed by atoms with Crippen LogP contribution in [0.25, 0.3) is 0 Å². The van der Waals surface area contributed by atoms with Gasteiger partial charge in [-0.1, -0.05) is 0 Å². The monoisotopic (exact) mass is 316 g/mol. The first kappa shape index (κ1) is 16.0.